The van der Waals surface area contributed by atoms with Crippen molar-refractivity contribution >= 4 is 0 Å². The van der Waals surface area contributed by atoms with Gasteiger partial charge in [-0.05, 0) is 44.9 Å². The minimum absolute atomic E-state index is 0.643. The SMILES string of the molecule is C1=CC(n2n3c4c(n23)CCCC4)CCC1. The summed E-state index contributed by atoms with van der Waals surface area (Å²) in [7, 11) is 0. The molecular formula is C12H17N3. The van der Waals surface area contributed by atoms with Gasteiger partial charge in [0.2, 0.25) is 0 Å². The lowest BCUT2D eigenvalue weighted by molar-refractivity contribution is 0.502. The number of fused-ring (bicyclic) bond motifs is 4. The van der Waals surface area contributed by atoms with E-state index in [1.165, 1.54) is 44.9 Å². The molecule has 1 unspecified atom stereocenters. The smallest absolute Gasteiger partial charge is 0.0897 e. The van der Waals surface area contributed by atoms with Crippen molar-refractivity contribution in [3.63, 3.8) is 0 Å². The average Bonchev–Trinajstić information content (AvgIpc) is 2.96. The lowest BCUT2D eigenvalue weighted by atomic mass is 10.0. The predicted octanol–water partition coefficient (Wildman–Crippen LogP) is 2.44. The van der Waals surface area contributed by atoms with E-state index in [4.69, 9.17) is 0 Å². The van der Waals surface area contributed by atoms with Gasteiger partial charge in [0.1, 0.15) is 0 Å². The molecule has 15 heavy (non-hydrogen) atoms. The topological polar surface area (TPSA) is 13.8 Å². The van der Waals surface area contributed by atoms with Gasteiger partial charge in [-0.2, -0.15) is 14.1 Å². The van der Waals surface area contributed by atoms with Crippen LogP contribution in [0.15, 0.2) is 12.2 Å². The highest BCUT2D eigenvalue weighted by Gasteiger charge is 2.33. The van der Waals surface area contributed by atoms with Crippen LogP contribution in [0.2, 0.25) is 0 Å². The molecule has 0 fully saturated rings. The van der Waals surface area contributed by atoms with Gasteiger partial charge in [0.15, 0.2) is 0 Å². The van der Waals surface area contributed by atoms with Crippen LogP contribution in [0.5, 0.6) is 0 Å². The third-order valence-electron chi connectivity index (χ3n) is 3.96. The van der Waals surface area contributed by atoms with Crippen molar-refractivity contribution < 1.29 is 0 Å². The lowest BCUT2D eigenvalue weighted by Crippen LogP contribution is -2.13. The highest BCUT2D eigenvalue weighted by Crippen LogP contribution is 2.32. The first-order valence-corrected chi connectivity index (χ1v) is 6.25. The number of allylic oxidation sites excluding steroid dienone is 2. The van der Waals surface area contributed by atoms with Crippen molar-refractivity contribution in [3.05, 3.63) is 23.5 Å². The fourth-order valence-electron chi connectivity index (χ4n) is 3.14. The highest BCUT2D eigenvalue weighted by molar-refractivity contribution is 5.22. The minimum Gasteiger partial charge on any atom is -0.177 e. The molecule has 0 aliphatic heterocycles. The Morgan fingerprint density at radius 3 is 2.33 bits per heavy atom. The molecule has 0 bridgehead atoms. The summed E-state index contributed by atoms with van der Waals surface area (Å²) < 4.78 is 4.80. The highest BCUT2D eigenvalue weighted by atomic mass is 15.9. The van der Waals surface area contributed by atoms with Gasteiger partial charge in [-0.25, -0.2) is 0 Å². The standard InChI is InChI=1S/C12H17N3/c1-2-6-10(7-3-1)13-14-11-8-4-5-9-12(11)15(13)14/h2,6,10H,1,3-5,7-9H2. The van der Waals surface area contributed by atoms with Crippen LogP contribution in [0.25, 0.3) is 0 Å². The third-order valence-corrected chi connectivity index (χ3v) is 3.96. The summed E-state index contributed by atoms with van der Waals surface area (Å²) in [6.45, 7) is 0. The van der Waals surface area contributed by atoms with E-state index in [0.29, 0.717) is 6.04 Å². The summed E-state index contributed by atoms with van der Waals surface area (Å²) in [5.41, 5.74) is 3.22. The zero-order valence-electron chi connectivity index (χ0n) is 9.02. The number of aromatic nitrogens is 3. The molecule has 3 nitrogen and oxygen atoms in total. The minimum atomic E-state index is 0.643. The average molecular weight is 203 g/mol. The van der Waals surface area contributed by atoms with Gasteiger partial charge in [0.05, 0.1) is 17.4 Å². The first-order valence-electron chi connectivity index (χ1n) is 6.25. The molecule has 2 aromatic rings. The quantitative estimate of drug-likeness (QED) is 0.632. The maximum Gasteiger partial charge on any atom is 0.0897 e. The van der Waals surface area contributed by atoms with E-state index < -0.39 is 0 Å². The van der Waals surface area contributed by atoms with Crippen molar-refractivity contribution in [1.82, 2.24) is 14.1 Å². The maximum absolute atomic E-state index is 2.45. The fourth-order valence-corrected chi connectivity index (χ4v) is 3.14. The van der Waals surface area contributed by atoms with Crippen LogP contribution in [0.4, 0.5) is 0 Å². The number of hydrogen-bond donors (Lipinski definition) is 0. The fraction of sp³-hybridized carbons (Fsp3) is 0.667. The third kappa shape index (κ3) is 0.959. The Hall–Kier alpha value is -1.12. The zero-order valence-corrected chi connectivity index (χ0v) is 9.02. The summed E-state index contributed by atoms with van der Waals surface area (Å²) in [6.07, 6.45) is 14.1. The Morgan fingerprint density at radius 2 is 1.73 bits per heavy atom. The molecule has 0 radical (unpaired) electrons. The predicted molar refractivity (Wildman–Crippen MR) is 58.7 cm³/mol. The molecule has 0 saturated carbocycles. The van der Waals surface area contributed by atoms with E-state index >= 15 is 0 Å². The number of hydrogen-bond acceptors (Lipinski definition) is 0. The van der Waals surface area contributed by atoms with Gasteiger partial charge in [0, 0.05) is 0 Å². The summed E-state index contributed by atoms with van der Waals surface area (Å²) in [5, 5.41) is 0. The van der Waals surface area contributed by atoms with Crippen LogP contribution in [-0.2, 0) is 12.8 Å². The molecule has 2 aliphatic rings. The second-order valence-electron chi connectivity index (χ2n) is 4.93. The molecule has 0 saturated heterocycles. The molecule has 0 N–H and O–H groups in total. The number of rotatable bonds is 1. The van der Waals surface area contributed by atoms with Gasteiger partial charge in [-0.3, -0.25) is 0 Å². The van der Waals surface area contributed by atoms with E-state index in [9.17, 15) is 0 Å². The van der Waals surface area contributed by atoms with Gasteiger partial charge in [0.25, 0.3) is 0 Å². The molecule has 0 aromatic carbocycles. The second kappa shape index (κ2) is 2.71. The molecule has 1 atom stereocenters. The molecule has 2 aromatic heterocycles. The Kier molecular flexibility index (Phi) is 1.46. The summed E-state index contributed by atoms with van der Waals surface area (Å²) in [5.74, 6) is 0. The summed E-state index contributed by atoms with van der Waals surface area (Å²) in [4.78, 5) is 2.45. The Bertz CT molecular complexity index is 464. The molecule has 0 spiro atoms. The maximum atomic E-state index is 2.45. The first kappa shape index (κ1) is 8.08. The van der Waals surface area contributed by atoms with Crippen LogP contribution in [0.1, 0.15) is 49.5 Å². The number of nitrogens with zero attached hydrogens (tertiary/aromatic N) is 3. The van der Waals surface area contributed by atoms with E-state index in [0.717, 1.165) is 0 Å². The van der Waals surface area contributed by atoms with E-state index in [2.05, 4.69) is 26.2 Å². The van der Waals surface area contributed by atoms with Crippen LogP contribution >= 0.6 is 0 Å². The van der Waals surface area contributed by atoms with Gasteiger partial charge < -0.3 is 0 Å². The van der Waals surface area contributed by atoms with Crippen LogP contribution in [-0.4, -0.2) is 14.1 Å². The van der Waals surface area contributed by atoms with Gasteiger partial charge in [-0.1, -0.05) is 12.2 Å². The molecule has 0 amide bonds. The van der Waals surface area contributed by atoms with Crippen LogP contribution in [0, 0.1) is 0 Å². The van der Waals surface area contributed by atoms with Crippen molar-refractivity contribution in [3.8, 4) is 0 Å². The van der Waals surface area contributed by atoms with Gasteiger partial charge >= 0.3 is 0 Å². The number of aryl methyl sites for hydroxylation is 2. The monoisotopic (exact) mass is 203 g/mol. The van der Waals surface area contributed by atoms with Gasteiger partial charge in [-0.15, -0.1) is 0 Å². The Morgan fingerprint density at radius 1 is 1.00 bits per heavy atom. The van der Waals surface area contributed by atoms with E-state index in [1.807, 2.05) is 0 Å². The normalized spacial score (nSPS) is 26.5. The molecule has 2 aliphatic carbocycles. The Balaban J connectivity index is 1.71. The molecular weight excluding hydrogens is 186 g/mol. The Labute approximate surface area is 89.2 Å². The van der Waals surface area contributed by atoms with Crippen molar-refractivity contribution in [2.45, 2.75) is 51.0 Å². The van der Waals surface area contributed by atoms with Crippen molar-refractivity contribution in [2.75, 3.05) is 0 Å². The molecule has 2 heterocycles. The van der Waals surface area contributed by atoms with E-state index in [-0.39, 0.29) is 0 Å². The summed E-state index contributed by atoms with van der Waals surface area (Å²) >= 11 is 0. The second-order valence-corrected chi connectivity index (χ2v) is 4.93. The molecule has 80 valence electrons. The zero-order chi connectivity index (χ0) is 9.83. The first-order chi connectivity index (χ1) is 7.47. The molecule has 3 heteroatoms. The molecule has 4 rings (SSSR count). The largest absolute Gasteiger partial charge is 0.177 e. The lowest BCUT2D eigenvalue weighted by Gasteiger charge is -2.13. The van der Waals surface area contributed by atoms with E-state index in [1.54, 1.807) is 11.4 Å². The summed E-state index contributed by atoms with van der Waals surface area (Å²) in [6, 6.07) is 0.643. The van der Waals surface area contributed by atoms with Crippen LogP contribution < -0.4 is 0 Å². The van der Waals surface area contributed by atoms with Crippen LogP contribution in [0.3, 0.4) is 0 Å². The van der Waals surface area contributed by atoms with Crippen molar-refractivity contribution in [1.29, 1.82) is 0 Å². The van der Waals surface area contributed by atoms with Crippen molar-refractivity contribution in [2.24, 2.45) is 0 Å².